The largest absolute Gasteiger partial charge is 0.481 e. The Morgan fingerprint density at radius 2 is 1.96 bits per heavy atom. The van der Waals surface area contributed by atoms with Crippen LogP contribution in [0.25, 0.3) is 11.1 Å². The molecule has 4 nitrogen and oxygen atoms in total. The molecule has 2 N–H and O–H groups in total. The van der Waals surface area contributed by atoms with Crippen LogP contribution in [0.3, 0.4) is 0 Å². The van der Waals surface area contributed by atoms with E-state index in [0.29, 0.717) is 0 Å². The van der Waals surface area contributed by atoms with Crippen LogP contribution in [-0.4, -0.2) is 26.9 Å². The number of thioether (sulfide) groups is 1. The van der Waals surface area contributed by atoms with Crippen LogP contribution in [0, 0.1) is 5.41 Å². The Morgan fingerprint density at radius 3 is 2.57 bits per heavy atom. The first-order valence-corrected chi connectivity index (χ1v) is 8.59. The molecule has 5 heteroatoms. The van der Waals surface area contributed by atoms with E-state index in [-0.39, 0.29) is 18.4 Å². The minimum Gasteiger partial charge on any atom is -0.481 e. The van der Waals surface area contributed by atoms with Gasteiger partial charge in [0.05, 0.1) is 13.0 Å². The van der Waals surface area contributed by atoms with Crippen molar-refractivity contribution in [3.63, 3.8) is 0 Å². The summed E-state index contributed by atoms with van der Waals surface area (Å²) in [5.41, 5.74) is 2.96. The van der Waals surface area contributed by atoms with Crippen molar-refractivity contribution in [1.82, 2.24) is 4.98 Å². The molecule has 1 heterocycles. The average Bonchev–Trinajstić information content (AvgIpc) is 3.32. The maximum Gasteiger partial charge on any atom is 0.303 e. The molecular weight excluding hydrogens is 310 g/mol. The van der Waals surface area contributed by atoms with Gasteiger partial charge in [0.15, 0.2) is 0 Å². The molecular formula is C18H19NO3S. The van der Waals surface area contributed by atoms with Gasteiger partial charge in [-0.25, -0.2) is 0 Å². The Hall–Kier alpha value is -1.85. The number of carboxylic acids is 1. The van der Waals surface area contributed by atoms with Gasteiger partial charge in [-0.05, 0) is 35.4 Å². The maximum absolute atomic E-state index is 11.0. The smallest absolute Gasteiger partial charge is 0.303 e. The fraction of sp³-hybridized carbons (Fsp3) is 0.333. The van der Waals surface area contributed by atoms with E-state index in [1.54, 1.807) is 18.0 Å². The van der Waals surface area contributed by atoms with Crippen molar-refractivity contribution in [2.75, 3.05) is 5.75 Å². The van der Waals surface area contributed by atoms with Gasteiger partial charge in [-0.15, -0.1) is 11.8 Å². The number of aliphatic hydroxyl groups excluding tert-OH is 1. The second-order valence-corrected chi connectivity index (χ2v) is 7.10. The number of aliphatic carboxylic acids is 1. The lowest BCUT2D eigenvalue weighted by Gasteiger charge is -2.14. The van der Waals surface area contributed by atoms with Crippen molar-refractivity contribution >= 4 is 17.7 Å². The molecule has 1 aliphatic carbocycles. The summed E-state index contributed by atoms with van der Waals surface area (Å²) < 4.78 is 0. The quantitative estimate of drug-likeness (QED) is 0.760. The predicted molar refractivity (Wildman–Crippen MR) is 90.2 cm³/mol. The highest BCUT2D eigenvalue weighted by Crippen LogP contribution is 2.52. The molecule has 1 saturated carbocycles. The average molecular weight is 329 g/mol. The van der Waals surface area contributed by atoms with Crippen molar-refractivity contribution in [2.24, 2.45) is 5.41 Å². The summed E-state index contributed by atoms with van der Waals surface area (Å²) >= 11 is 1.71. The Labute approximate surface area is 139 Å². The van der Waals surface area contributed by atoms with Gasteiger partial charge in [-0.1, -0.05) is 24.3 Å². The summed E-state index contributed by atoms with van der Waals surface area (Å²) in [7, 11) is 0. The number of nitrogens with zero attached hydrogens (tertiary/aromatic N) is 1. The van der Waals surface area contributed by atoms with E-state index in [1.807, 2.05) is 36.5 Å². The van der Waals surface area contributed by atoms with E-state index in [1.165, 1.54) is 0 Å². The number of hydrogen-bond acceptors (Lipinski definition) is 4. The molecule has 23 heavy (non-hydrogen) atoms. The Balaban J connectivity index is 1.76. The molecule has 120 valence electrons. The van der Waals surface area contributed by atoms with Gasteiger partial charge in [0, 0.05) is 28.6 Å². The maximum atomic E-state index is 11.0. The van der Waals surface area contributed by atoms with Gasteiger partial charge in [0.1, 0.15) is 0 Å². The van der Waals surface area contributed by atoms with Gasteiger partial charge in [-0.3, -0.25) is 9.78 Å². The molecule has 1 aromatic heterocycles. The Kier molecular flexibility index (Phi) is 4.68. The van der Waals surface area contributed by atoms with Crippen molar-refractivity contribution < 1.29 is 15.0 Å². The van der Waals surface area contributed by atoms with Crippen LogP contribution in [0.15, 0.2) is 47.6 Å². The lowest BCUT2D eigenvalue weighted by atomic mass is 10.1. The predicted octanol–water partition coefficient (Wildman–Crippen LogP) is 3.59. The zero-order valence-electron chi connectivity index (χ0n) is 12.7. The highest BCUT2D eigenvalue weighted by molar-refractivity contribution is 7.99. The van der Waals surface area contributed by atoms with Crippen LogP contribution in [0.1, 0.15) is 24.8 Å². The van der Waals surface area contributed by atoms with Crippen LogP contribution in [0.4, 0.5) is 0 Å². The van der Waals surface area contributed by atoms with E-state index < -0.39 is 5.97 Å². The number of carboxylic acid groups (broad SMARTS) is 1. The van der Waals surface area contributed by atoms with Crippen LogP contribution in [0.2, 0.25) is 0 Å². The number of aliphatic hydroxyl groups is 1. The normalized spacial score (nSPS) is 15.3. The fourth-order valence-electron chi connectivity index (χ4n) is 2.61. The molecule has 0 aliphatic heterocycles. The molecule has 1 fully saturated rings. The lowest BCUT2D eigenvalue weighted by molar-refractivity contribution is -0.138. The Morgan fingerprint density at radius 1 is 1.22 bits per heavy atom. The van der Waals surface area contributed by atoms with Gasteiger partial charge < -0.3 is 10.2 Å². The van der Waals surface area contributed by atoms with Crippen LogP contribution in [0.5, 0.6) is 0 Å². The molecule has 0 atom stereocenters. The number of rotatable bonds is 7. The van der Waals surface area contributed by atoms with Crippen molar-refractivity contribution in [1.29, 1.82) is 0 Å². The zero-order valence-corrected chi connectivity index (χ0v) is 13.6. The number of carbonyl (C=O) groups is 1. The molecule has 0 saturated heterocycles. The first-order chi connectivity index (χ1) is 11.1. The zero-order chi connectivity index (χ0) is 16.3. The molecule has 0 amide bonds. The van der Waals surface area contributed by atoms with Gasteiger partial charge >= 0.3 is 5.97 Å². The topological polar surface area (TPSA) is 70.4 Å². The van der Waals surface area contributed by atoms with Crippen molar-refractivity contribution in [2.45, 2.75) is 30.8 Å². The molecule has 0 spiro atoms. The number of benzene rings is 1. The van der Waals surface area contributed by atoms with Crippen LogP contribution in [-0.2, 0) is 11.4 Å². The van der Waals surface area contributed by atoms with Crippen molar-refractivity contribution in [3.05, 3.63) is 48.3 Å². The molecule has 0 radical (unpaired) electrons. The minimum absolute atomic E-state index is 0.0300. The first-order valence-electron chi connectivity index (χ1n) is 7.61. The molecule has 3 rings (SSSR count). The van der Waals surface area contributed by atoms with Gasteiger partial charge in [0.2, 0.25) is 0 Å². The molecule has 0 bridgehead atoms. The first kappa shape index (κ1) is 16.0. The minimum atomic E-state index is -0.711. The van der Waals surface area contributed by atoms with E-state index >= 15 is 0 Å². The number of pyridine rings is 1. The van der Waals surface area contributed by atoms with Crippen molar-refractivity contribution in [3.8, 4) is 11.1 Å². The van der Waals surface area contributed by atoms with Crippen LogP contribution < -0.4 is 0 Å². The number of hydrogen-bond donors (Lipinski definition) is 2. The SMILES string of the molecule is O=C(O)CC1(CSc2ccncc2-c2ccc(CO)cc2)CC1. The highest BCUT2D eigenvalue weighted by atomic mass is 32.2. The summed E-state index contributed by atoms with van der Waals surface area (Å²) in [5, 5.41) is 18.2. The summed E-state index contributed by atoms with van der Waals surface area (Å²) in [5.74, 6) is 0.114. The second-order valence-electron chi connectivity index (χ2n) is 6.09. The fourth-order valence-corrected chi connectivity index (χ4v) is 3.95. The van der Waals surface area contributed by atoms with E-state index in [2.05, 4.69) is 4.98 Å². The highest BCUT2D eigenvalue weighted by Gasteiger charge is 2.44. The molecule has 0 unspecified atom stereocenters. The summed E-state index contributed by atoms with van der Waals surface area (Å²) in [6.45, 7) is 0.0344. The van der Waals surface area contributed by atoms with Gasteiger partial charge in [0.25, 0.3) is 0 Å². The third kappa shape index (κ3) is 3.92. The molecule has 2 aromatic rings. The van der Waals surface area contributed by atoms with E-state index in [4.69, 9.17) is 10.2 Å². The summed E-state index contributed by atoms with van der Waals surface area (Å²) in [6, 6.07) is 9.76. The standard InChI is InChI=1S/C18H19NO3S/c20-11-13-1-3-14(4-2-13)15-10-19-8-5-16(15)23-12-18(6-7-18)9-17(21)22/h1-5,8,10,20H,6-7,9,11-12H2,(H,21,22). The third-order valence-electron chi connectivity index (χ3n) is 4.25. The number of aromatic nitrogens is 1. The van der Waals surface area contributed by atoms with E-state index in [0.717, 1.165) is 40.2 Å². The van der Waals surface area contributed by atoms with E-state index in [9.17, 15) is 4.79 Å². The van der Waals surface area contributed by atoms with Gasteiger partial charge in [-0.2, -0.15) is 0 Å². The third-order valence-corrected chi connectivity index (χ3v) is 5.67. The van der Waals surface area contributed by atoms with Crippen LogP contribution >= 0.6 is 11.8 Å². The summed E-state index contributed by atoms with van der Waals surface area (Å²) in [4.78, 5) is 16.3. The summed E-state index contributed by atoms with van der Waals surface area (Å²) in [6.07, 6.45) is 5.86. The monoisotopic (exact) mass is 329 g/mol. The Bertz CT molecular complexity index is 696. The molecule has 1 aliphatic rings. The lowest BCUT2D eigenvalue weighted by Crippen LogP contribution is -2.11. The molecule has 1 aromatic carbocycles. The second kappa shape index (κ2) is 6.72.